The van der Waals surface area contributed by atoms with Crippen LogP contribution in [0.25, 0.3) is 0 Å². The maximum Gasteiger partial charge on any atom is 0.195 e. The number of halogens is 1. The summed E-state index contributed by atoms with van der Waals surface area (Å²) in [4.78, 5) is 11.0. The lowest BCUT2D eigenvalue weighted by molar-refractivity contribution is -0.132. The smallest absolute Gasteiger partial charge is 0.195 e. The van der Waals surface area contributed by atoms with Gasteiger partial charge in [-0.05, 0) is 12.8 Å². The molecule has 2 nitrogen and oxygen atoms in total. The molecule has 0 bridgehead atoms. The SMILES string of the molecule is CCCC(O)C(=O)C(F)CCC. The molecule has 0 rings (SSSR count). The Morgan fingerprint density at radius 3 is 2.25 bits per heavy atom. The van der Waals surface area contributed by atoms with Gasteiger partial charge in [0.15, 0.2) is 12.0 Å². The summed E-state index contributed by atoms with van der Waals surface area (Å²) in [5, 5.41) is 9.13. The molecule has 0 heterocycles. The standard InChI is InChI=1S/C9H17FO2/c1-3-5-7(10)9(12)8(11)6-4-2/h7-8,11H,3-6H2,1-2H3. The van der Waals surface area contributed by atoms with Crippen LogP contribution in [0.3, 0.4) is 0 Å². The van der Waals surface area contributed by atoms with Crippen LogP contribution >= 0.6 is 0 Å². The average molecular weight is 176 g/mol. The zero-order chi connectivity index (χ0) is 9.56. The molecular formula is C9H17FO2. The first-order valence-corrected chi connectivity index (χ1v) is 4.49. The van der Waals surface area contributed by atoms with Crippen molar-refractivity contribution in [2.24, 2.45) is 0 Å². The third-order valence-corrected chi connectivity index (χ3v) is 1.74. The molecule has 0 aliphatic heterocycles. The Labute approximate surface area is 72.8 Å². The quantitative estimate of drug-likeness (QED) is 0.670. The van der Waals surface area contributed by atoms with Gasteiger partial charge >= 0.3 is 0 Å². The first-order chi connectivity index (χ1) is 5.63. The van der Waals surface area contributed by atoms with Crippen molar-refractivity contribution in [3.8, 4) is 0 Å². The molecule has 72 valence electrons. The number of hydrogen-bond acceptors (Lipinski definition) is 2. The fourth-order valence-electron chi connectivity index (χ4n) is 1.02. The molecule has 0 amide bonds. The van der Waals surface area contributed by atoms with Crippen molar-refractivity contribution < 1.29 is 14.3 Å². The third-order valence-electron chi connectivity index (χ3n) is 1.74. The molecule has 0 radical (unpaired) electrons. The minimum Gasteiger partial charge on any atom is -0.385 e. The maximum absolute atomic E-state index is 12.9. The highest BCUT2D eigenvalue weighted by Crippen LogP contribution is 2.08. The number of aliphatic hydroxyl groups excluding tert-OH is 1. The van der Waals surface area contributed by atoms with Gasteiger partial charge in [-0.3, -0.25) is 4.79 Å². The molecule has 2 unspecified atom stereocenters. The summed E-state index contributed by atoms with van der Waals surface area (Å²) >= 11 is 0. The molecule has 12 heavy (non-hydrogen) atoms. The third kappa shape index (κ3) is 3.81. The Kier molecular flexibility index (Phi) is 5.89. The van der Waals surface area contributed by atoms with Crippen LogP contribution in [0.1, 0.15) is 39.5 Å². The molecule has 3 heteroatoms. The van der Waals surface area contributed by atoms with Gasteiger partial charge in [-0.15, -0.1) is 0 Å². The minimum absolute atomic E-state index is 0.222. The first-order valence-electron chi connectivity index (χ1n) is 4.49. The van der Waals surface area contributed by atoms with Crippen molar-refractivity contribution in [2.45, 2.75) is 51.8 Å². The lowest BCUT2D eigenvalue weighted by Crippen LogP contribution is -2.29. The predicted octanol–water partition coefficient (Wildman–Crippen LogP) is 1.85. The summed E-state index contributed by atoms with van der Waals surface area (Å²) in [6, 6.07) is 0. The van der Waals surface area contributed by atoms with E-state index in [-0.39, 0.29) is 6.42 Å². The van der Waals surface area contributed by atoms with Gasteiger partial charge in [0.2, 0.25) is 0 Å². The number of ketones is 1. The van der Waals surface area contributed by atoms with Crippen LogP contribution in [0, 0.1) is 0 Å². The Morgan fingerprint density at radius 2 is 1.83 bits per heavy atom. The number of carbonyl (C=O) groups excluding carboxylic acids is 1. The second-order valence-electron chi connectivity index (χ2n) is 2.96. The van der Waals surface area contributed by atoms with E-state index in [0.717, 1.165) is 0 Å². The monoisotopic (exact) mass is 176 g/mol. The molecule has 0 aliphatic rings. The molecule has 1 N–H and O–H groups in total. The van der Waals surface area contributed by atoms with E-state index in [0.29, 0.717) is 19.3 Å². The lowest BCUT2D eigenvalue weighted by atomic mass is 10.0. The average Bonchev–Trinajstić information content (AvgIpc) is 2.04. The van der Waals surface area contributed by atoms with Crippen LogP contribution in [0.15, 0.2) is 0 Å². The van der Waals surface area contributed by atoms with Gasteiger partial charge in [0.25, 0.3) is 0 Å². The lowest BCUT2D eigenvalue weighted by Gasteiger charge is -2.10. The van der Waals surface area contributed by atoms with Gasteiger partial charge in [0.1, 0.15) is 6.10 Å². The summed E-state index contributed by atoms with van der Waals surface area (Å²) < 4.78 is 12.9. The molecule has 0 aromatic rings. The molecule has 0 aromatic carbocycles. The normalized spacial score (nSPS) is 15.7. The van der Waals surface area contributed by atoms with Gasteiger partial charge in [0, 0.05) is 0 Å². The number of rotatable bonds is 6. The van der Waals surface area contributed by atoms with E-state index in [1.54, 1.807) is 0 Å². The molecule has 0 aliphatic carbocycles. The number of alkyl halides is 1. The second kappa shape index (κ2) is 6.12. The number of Topliss-reactive ketones (excluding diaryl/α,β-unsaturated/α-hetero) is 1. The largest absolute Gasteiger partial charge is 0.385 e. The fraction of sp³-hybridized carbons (Fsp3) is 0.889. The van der Waals surface area contributed by atoms with E-state index < -0.39 is 18.1 Å². The van der Waals surface area contributed by atoms with Gasteiger partial charge in [-0.25, -0.2) is 4.39 Å². The molecular weight excluding hydrogens is 159 g/mol. The van der Waals surface area contributed by atoms with Gasteiger partial charge in [-0.1, -0.05) is 26.7 Å². The number of carbonyl (C=O) groups is 1. The van der Waals surface area contributed by atoms with Crippen molar-refractivity contribution in [1.29, 1.82) is 0 Å². The van der Waals surface area contributed by atoms with Crippen LogP contribution < -0.4 is 0 Å². The second-order valence-corrected chi connectivity index (χ2v) is 2.96. The number of hydrogen-bond donors (Lipinski definition) is 1. The van der Waals surface area contributed by atoms with Crippen LogP contribution in [-0.2, 0) is 4.79 Å². The van der Waals surface area contributed by atoms with Crippen molar-refractivity contribution in [1.82, 2.24) is 0 Å². The maximum atomic E-state index is 12.9. The van der Waals surface area contributed by atoms with Gasteiger partial charge in [-0.2, -0.15) is 0 Å². The number of aliphatic hydroxyl groups is 1. The topological polar surface area (TPSA) is 37.3 Å². The van der Waals surface area contributed by atoms with Crippen LogP contribution in [0.5, 0.6) is 0 Å². The first kappa shape index (κ1) is 11.6. The van der Waals surface area contributed by atoms with Crippen molar-refractivity contribution in [2.75, 3.05) is 0 Å². The van der Waals surface area contributed by atoms with Crippen LogP contribution in [-0.4, -0.2) is 23.2 Å². The molecule has 0 aromatic heterocycles. The fourth-order valence-corrected chi connectivity index (χ4v) is 1.02. The highest BCUT2D eigenvalue weighted by Gasteiger charge is 2.23. The Hall–Kier alpha value is -0.440. The molecule has 2 atom stereocenters. The van der Waals surface area contributed by atoms with E-state index in [9.17, 15) is 9.18 Å². The van der Waals surface area contributed by atoms with Crippen molar-refractivity contribution >= 4 is 5.78 Å². The summed E-state index contributed by atoms with van der Waals surface area (Å²) in [6.45, 7) is 3.66. The highest BCUT2D eigenvalue weighted by atomic mass is 19.1. The summed E-state index contributed by atoms with van der Waals surface area (Å²) in [5.41, 5.74) is 0. The van der Waals surface area contributed by atoms with Gasteiger partial charge in [0.05, 0.1) is 0 Å². The highest BCUT2D eigenvalue weighted by molar-refractivity contribution is 5.86. The van der Waals surface area contributed by atoms with E-state index in [1.807, 2.05) is 13.8 Å². The zero-order valence-electron chi connectivity index (χ0n) is 7.72. The van der Waals surface area contributed by atoms with E-state index >= 15 is 0 Å². The molecule has 0 spiro atoms. The van der Waals surface area contributed by atoms with Gasteiger partial charge < -0.3 is 5.11 Å². The molecule has 0 saturated carbocycles. The van der Waals surface area contributed by atoms with Crippen molar-refractivity contribution in [3.05, 3.63) is 0 Å². The van der Waals surface area contributed by atoms with E-state index in [4.69, 9.17) is 5.11 Å². The zero-order valence-corrected chi connectivity index (χ0v) is 7.72. The van der Waals surface area contributed by atoms with E-state index in [1.165, 1.54) is 0 Å². The van der Waals surface area contributed by atoms with E-state index in [2.05, 4.69) is 0 Å². The van der Waals surface area contributed by atoms with Crippen LogP contribution in [0.2, 0.25) is 0 Å². The Balaban J connectivity index is 3.82. The predicted molar refractivity (Wildman–Crippen MR) is 45.7 cm³/mol. The summed E-state index contributed by atoms with van der Waals surface area (Å²) in [5.74, 6) is -0.654. The molecule has 0 fully saturated rings. The van der Waals surface area contributed by atoms with Crippen LogP contribution in [0.4, 0.5) is 4.39 Å². The Morgan fingerprint density at radius 1 is 1.33 bits per heavy atom. The summed E-state index contributed by atoms with van der Waals surface area (Å²) in [7, 11) is 0. The summed E-state index contributed by atoms with van der Waals surface area (Å²) in [6.07, 6.45) is -0.659. The van der Waals surface area contributed by atoms with Crippen molar-refractivity contribution in [3.63, 3.8) is 0 Å². The molecule has 0 saturated heterocycles. The Bertz CT molecular complexity index is 122. The minimum atomic E-state index is -1.48.